The first-order valence-corrected chi connectivity index (χ1v) is 34.9. The smallest absolute Gasteiger partial charge is 0.345 e. The molecule has 522 valence electrons. The Kier molecular flexibility index (Phi) is 24.0. The standard InChI is InChI=1S/C43H49N9O4S.C27H22F6N6O3S/c1-7-8-9-10-11-15-24-51(36-20-18-34(19-21-36)50-57(6,55)56)37-22-23-39(40(27-37)46-32(5)54)47-48-43-38(28-44)41(33-16-13-12-14-17-33)49-52(43)42-29(2)25-35(26-30(42)3)45-31(4)53;1-14-25(43(4,41)42)26(39(37-14)24-20(29)11-17(28)12-21(24)30)36-35-22-10-9-19(13-23(22)34-15(2)40)38(3)18-7-5-16(6-8-18)27(31,32)33/h12-14,16-23,25-27,50H,7-11,15,24H2,1-6H3,(H,45,53)(H,46,54);5-13H,1-4H3,(H,34,40). The zero-order chi connectivity index (χ0) is 73.0. The van der Waals surface area contributed by atoms with Gasteiger partial charge in [-0.25, -0.2) is 39.4 Å². The lowest BCUT2D eigenvalue weighted by Crippen LogP contribution is -2.19. The lowest BCUT2D eigenvalue weighted by atomic mass is 10.1. The van der Waals surface area contributed by atoms with Crippen LogP contribution in [0, 0.1) is 49.6 Å². The zero-order valence-corrected chi connectivity index (χ0v) is 57.7. The summed E-state index contributed by atoms with van der Waals surface area (Å²) < 4.78 is 135. The third-order valence-electron chi connectivity index (χ3n) is 15.2. The summed E-state index contributed by atoms with van der Waals surface area (Å²) in [5.41, 5.74) is 6.04. The molecule has 0 atom stereocenters. The van der Waals surface area contributed by atoms with Gasteiger partial charge in [0.25, 0.3) is 0 Å². The van der Waals surface area contributed by atoms with Crippen LogP contribution in [0.5, 0.6) is 0 Å². The first-order chi connectivity index (χ1) is 47.2. The number of alkyl halides is 3. The largest absolute Gasteiger partial charge is 0.416 e. The molecule has 0 aliphatic carbocycles. The minimum atomic E-state index is -4.51. The van der Waals surface area contributed by atoms with Crippen LogP contribution in [-0.4, -0.2) is 80.2 Å². The van der Waals surface area contributed by atoms with Gasteiger partial charge < -0.3 is 25.8 Å². The maximum atomic E-state index is 14.7. The van der Waals surface area contributed by atoms with Crippen molar-refractivity contribution >= 4 is 106 Å². The second-order valence-electron chi connectivity index (χ2n) is 23.3. The Labute approximate surface area is 574 Å². The molecule has 0 unspecified atom stereocenters. The van der Waals surface area contributed by atoms with Gasteiger partial charge in [0.2, 0.25) is 27.7 Å². The number of azo groups is 2. The number of carbonyl (C=O) groups is 3. The van der Waals surface area contributed by atoms with E-state index in [1.807, 2.05) is 80.6 Å². The number of anilines is 8. The van der Waals surface area contributed by atoms with Crippen LogP contribution in [0.4, 0.5) is 94.9 Å². The Morgan fingerprint density at radius 2 is 1.10 bits per heavy atom. The minimum Gasteiger partial charge on any atom is -0.345 e. The number of nitrogens with one attached hydrogen (secondary N) is 4. The summed E-state index contributed by atoms with van der Waals surface area (Å²) in [4.78, 5) is 39.5. The highest BCUT2D eigenvalue weighted by atomic mass is 32.2. The third-order valence-corrected chi connectivity index (χ3v) is 17.0. The molecule has 9 rings (SSSR count). The molecule has 0 fully saturated rings. The van der Waals surface area contributed by atoms with E-state index in [1.165, 1.54) is 75.8 Å². The molecule has 30 heteroatoms. The SMILES string of the molecule is CC(=O)Nc1cc(N(C)c2ccc(C(F)(F)F)cc2)ccc1N=Nc1c(S(C)(=O)=O)c(C)nn1-c1c(F)cc(F)cc1F.CCCCCCCCN(c1ccc(NS(C)(=O)=O)cc1)c1ccc(N=Nc2c(C#N)c(-c3ccccc3)nn2-c2c(C)cc(NC(C)=O)cc2C)c(NC(C)=O)c1. The Morgan fingerprint density at radius 1 is 0.590 bits per heavy atom. The molecule has 100 heavy (non-hydrogen) atoms. The topological polar surface area (TPSA) is 283 Å². The van der Waals surface area contributed by atoms with E-state index in [0.29, 0.717) is 68.9 Å². The number of nitriles is 1. The van der Waals surface area contributed by atoms with Gasteiger partial charge >= 0.3 is 6.18 Å². The molecule has 0 aliphatic rings. The van der Waals surface area contributed by atoms with Crippen LogP contribution in [-0.2, 0) is 40.4 Å². The molecule has 0 bridgehead atoms. The van der Waals surface area contributed by atoms with Crippen LogP contribution in [0.3, 0.4) is 0 Å². The fourth-order valence-corrected chi connectivity index (χ4v) is 12.4. The number of amides is 3. The molecule has 7 aromatic carbocycles. The van der Waals surface area contributed by atoms with Crippen molar-refractivity contribution in [1.82, 2.24) is 19.6 Å². The van der Waals surface area contributed by atoms with E-state index >= 15 is 0 Å². The number of unbranched alkanes of at least 4 members (excludes halogenated alkanes) is 5. The van der Waals surface area contributed by atoms with E-state index in [0.717, 1.165) is 78.4 Å². The number of benzene rings is 7. The second-order valence-corrected chi connectivity index (χ2v) is 27.0. The number of hydrogen-bond donors (Lipinski definition) is 4. The summed E-state index contributed by atoms with van der Waals surface area (Å²) in [6.45, 7) is 12.0. The van der Waals surface area contributed by atoms with Gasteiger partial charge in [-0.1, -0.05) is 69.4 Å². The third kappa shape index (κ3) is 19.0. The number of rotatable bonds is 24. The highest BCUT2D eigenvalue weighted by Crippen LogP contribution is 2.42. The average molecular weight is 1410 g/mol. The maximum absolute atomic E-state index is 14.7. The number of halogens is 6. The van der Waals surface area contributed by atoms with Crippen molar-refractivity contribution < 1.29 is 57.6 Å². The molecule has 0 spiro atoms. The minimum absolute atomic E-state index is 0.0235. The molecular weight excluding hydrogens is 1340 g/mol. The average Bonchev–Trinajstić information content (AvgIpc) is 1.61. The summed E-state index contributed by atoms with van der Waals surface area (Å²) in [5.74, 6) is -5.41. The van der Waals surface area contributed by atoms with Crippen molar-refractivity contribution in [3.8, 4) is 28.7 Å². The number of sulfone groups is 1. The highest BCUT2D eigenvalue weighted by molar-refractivity contribution is 7.92. The van der Waals surface area contributed by atoms with Gasteiger partial charge in [-0.3, -0.25) is 19.1 Å². The van der Waals surface area contributed by atoms with E-state index in [2.05, 4.69) is 64.1 Å². The Hall–Kier alpha value is -11.1. The van der Waals surface area contributed by atoms with Gasteiger partial charge in [0.15, 0.2) is 33.1 Å². The molecule has 0 saturated heterocycles. The quantitative estimate of drug-likeness (QED) is 0.0250. The van der Waals surface area contributed by atoms with Crippen molar-refractivity contribution in [2.45, 2.75) is 98.1 Å². The number of carbonyl (C=O) groups excluding carboxylic acids is 3. The van der Waals surface area contributed by atoms with Gasteiger partial charge in [0.1, 0.15) is 45.1 Å². The summed E-state index contributed by atoms with van der Waals surface area (Å²) in [5, 5.41) is 44.9. The Morgan fingerprint density at radius 3 is 1.63 bits per heavy atom. The fraction of sp³-hybridized carbons (Fsp3) is 0.257. The van der Waals surface area contributed by atoms with Gasteiger partial charge in [0, 0.05) is 92.4 Å². The molecule has 0 radical (unpaired) electrons. The Balaban J connectivity index is 0.000000265. The van der Waals surface area contributed by atoms with E-state index in [-0.39, 0.29) is 40.3 Å². The molecular formula is C70H71F6N15O7S2. The molecule has 22 nitrogen and oxygen atoms in total. The van der Waals surface area contributed by atoms with E-state index in [9.17, 15) is 62.8 Å². The number of hydrogen-bond acceptors (Lipinski definition) is 16. The number of aromatic nitrogens is 4. The molecule has 4 N–H and O–H groups in total. The lowest BCUT2D eigenvalue weighted by Gasteiger charge is -2.26. The van der Waals surface area contributed by atoms with Crippen molar-refractivity contribution in [2.24, 2.45) is 20.5 Å². The van der Waals surface area contributed by atoms with Crippen molar-refractivity contribution in [3.05, 3.63) is 185 Å². The first kappa shape index (κ1) is 74.7. The first-order valence-electron chi connectivity index (χ1n) is 31.1. The van der Waals surface area contributed by atoms with Crippen LogP contribution in [0.25, 0.3) is 22.6 Å². The van der Waals surface area contributed by atoms with E-state index in [1.54, 1.807) is 29.9 Å². The second kappa shape index (κ2) is 32.1. The van der Waals surface area contributed by atoms with Crippen LogP contribution < -0.4 is 30.5 Å². The van der Waals surface area contributed by atoms with Crippen LogP contribution in [0.1, 0.15) is 94.2 Å². The Bertz CT molecular complexity index is 4820. The normalized spacial score (nSPS) is 11.7. The van der Waals surface area contributed by atoms with Crippen molar-refractivity contribution in [2.75, 3.05) is 56.6 Å². The molecule has 2 heterocycles. The van der Waals surface area contributed by atoms with E-state index < -0.39 is 71.4 Å². The van der Waals surface area contributed by atoms with Crippen molar-refractivity contribution in [3.63, 3.8) is 0 Å². The molecule has 9 aromatic rings. The number of aryl methyl sites for hydroxylation is 3. The predicted octanol–water partition coefficient (Wildman–Crippen LogP) is 17.4. The predicted molar refractivity (Wildman–Crippen MR) is 373 cm³/mol. The molecule has 0 aliphatic heterocycles. The summed E-state index contributed by atoms with van der Waals surface area (Å²) in [6, 6.07) is 37.4. The van der Waals surface area contributed by atoms with Gasteiger partial charge in [-0.2, -0.15) is 28.6 Å². The van der Waals surface area contributed by atoms with Gasteiger partial charge in [-0.15, -0.1) is 20.5 Å². The van der Waals surface area contributed by atoms with Crippen LogP contribution >= 0.6 is 0 Å². The van der Waals surface area contributed by atoms with Gasteiger partial charge in [-0.05, 0) is 135 Å². The summed E-state index contributed by atoms with van der Waals surface area (Å²) in [6.07, 6.45) is 4.05. The fourth-order valence-electron chi connectivity index (χ4n) is 10.8. The molecule has 3 amide bonds. The summed E-state index contributed by atoms with van der Waals surface area (Å²) in [7, 11) is -5.95. The molecule has 2 aromatic heterocycles. The number of sulfonamides is 1. The van der Waals surface area contributed by atoms with Crippen molar-refractivity contribution in [1.29, 1.82) is 5.26 Å². The highest BCUT2D eigenvalue weighted by Gasteiger charge is 2.31. The van der Waals surface area contributed by atoms with Crippen LogP contribution in [0.15, 0.2) is 165 Å². The summed E-state index contributed by atoms with van der Waals surface area (Å²) >= 11 is 0. The van der Waals surface area contributed by atoms with Crippen LogP contribution in [0.2, 0.25) is 0 Å². The lowest BCUT2D eigenvalue weighted by molar-refractivity contribution is -0.137. The monoisotopic (exact) mass is 1410 g/mol. The van der Waals surface area contributed by atoms with Gasteiger partial charge in [0.05, 0.1) is 34.6 Å². The number of nitrogens with zero attached hydrogens (tertiary/aromatic N) is 11. The maximum Gasteiger partial charge on any atom is 0.416 e. The van der Waals surface area contributed by atoms with E-state index in [4.69, 9.17) is 5.10 Å². The molecule has 0 saturated carbocycles. The zero-order valence-electron chi connectivity index (χ0n) is 56.1.